The molecule has 3 aromatic rings. The van der Waals surface area contributed by atoms with Gasteiger partial charge in [0.25, 0.3) is 0 Å². The third kappa shape index (κ3) is 2.92. The molecule has 0 aliphatic carbocycles. The summed E-state index contributed by atoms with van der Waals surface area (Å²) in [5, 5.41) is 9.14. The zero-order valence-corrected chi connectivity index (χ0v) is 15.0. The minimum atomic E-state index is -3.81. The number of pyridine rings is 1. The minimum absolute atomic E-state index is 0.0255. The molecule has 2 N–H and O–H groups in total. The van der Waals surface area contributed by atoms with E-state index in [0.29, 0.717) is 18.5 Å². The van der Waals surface area contributed by atoms with Gasteiger partial charge in [0.1, 0.15) is 5.56 Å². The summed E-state index contributed by atoms with van der Waals surface area (Å²) in [6.07, 6.45) is 1.73. The Morgan fingerprint density at radius 2 is 1.85 bits per heavy atom. The maximum atomic E-state index is 13.1. The Morgan fingerprint density at radius 1 is 1.11 bits per heavy atom. The summed E-state index contributed by atoms with van der Waals surface area (Å²) >= 11 is 0. The fourth-order valence-electron chi connectivity index (χ4n) is 3.34. The third-order valence-corrected chi connectivity index (χ3v) is 6.66. The molecule has 1 aliphatic heterocycles. The van der Waals surface area contributed by atoms with Gasteiger partial charge >= 0.3 is 5.97 Å². The average molecular weight is 384 g/mol. The number of aromatic carboxylic acids is 1. The number of rotatable bonds is 3. The molecule has 0 amide bonds. The number of carboxylic acid groups (broad SMARTS) is 1. The van der Waals surface area contributed by atoms with Crippen LogP contribution in [0.4, 0.5) is 0 Å². The summed E-state index contributed by atoms with van der Waals surface area (Å²) in [5.41, 5.74) is 1.33. The van der Waals surface area contributed by atoms with Crippen LogP contribution in [0, 0.1) is 0 Å². The van der Waals surface area contributed by atoms with E-state index in [1.54, 1.807) is 0 Å². The van der Waals surface area contributed by atoms with E-state index in [0.717, 1.165) is 17.3 Å². The van der Waals surface area contributed by atoms with Crippen molar-refractivity contribution in [1.82, 2.24) is 9.29 Å². The molecule has 0 saturated heterocycles. The number of benzene rings is 2. The molecule has 4 rings (SSSR count). The summed E-state index contributed by atoms with van der Waals surface area (Å²) in [4.78, 5) is 26.2. The third-order valence-electron chi connectivity index (χ3n) is 4.82. The van der Waals surface area contributed by atoms with Gasteiger partial charge in [0.05, 0.1) is 4.90 Å². The molecule has 2 aromatic carbocycles. The molecule has 0 fully saturated rings. The first-order valence-electron chi connectivity index (χ1n) is 8.33. The van der Waals surface area contributed by atoms with Crippen molar-refractivity contribution in [3.63, 3.8) is 0 Å². The van der Waals surface area contributed by atoms with Crippen molar-refractivity contribution in [2.24, 2.45) is 0 Å². The molecule has 0 atom stereocenters. The van der Waals surface area contributed by atoms with Crippen LogP contribution in [-0.4, -0.2) is 35.3 Å². The van der Waals surface area contributed by atoms with Crippen LogP contribution < -0.4 is 5.43 Å². The lowest BCUT2D eigenvalue weighted by Crippen LogP contribution is -2.36. The SMILES string of the molecule is O=C(O)c1c[nH]c2ccc(S(=O)(=O)N3CCc4ccccc4C3)cc2c1=O. The predicted octanol–water partition coefficient (Wildman–Crippen LogP) is 1.97. The van der Waals surface area contributed by atoms with Crippen LogP contribution in [0.25, 0.3) is 10.9 Å². The zero-order chi connectivity index (χ0) is 19.2. The standard InChI is InChI=1S/C19H16N2O5S/c22-18-15-9-14(5-6-17(15)20-10-16(18)19(23)24)27(25,26)21-8-7-12-3-1-2-4-13(12)11-21/h1-6,9-10H,7-8,11H2,(H,20,22)(H,23,24). The second kappa shape index (κ2) is 6.33. The number of H-pyrrole nitrogens is 1. The van der Waals surface area contributed by atoms with E-state index in [2.05, 4.69) is 4.98 Å². The number of hydrogen-bond donors (Lipinski definition) is 2. The highest BCUT2D eigenvalue weighted by atomic mass is 32.2. The lowest BCUT2D eigenvalue weighted by molar-refractivity contribution is 0.0695. The highest BCUT2D eigenvalue weighted by Crippen LogP contribution is 2.26. The van der Waals surface area contributed by atoms with Gasteiger partial charge in [0.15, 0.2) is 0 Å². The Morgan fingerprint density at radius 3 is 2.59 bits per heavy atom. The molecule has 27 heavy (non-hydrogen) atoms. The number of aromatic amines is 1. The van der Waals surface area contributed by atoms with Gasteiger partial charge < -0.3 is 10.1 Å². The van der Waals surface area contributed by atoms with E-state index in [1.165, 1.54) is 22.5 Å². The second-order valence-corrected chi connectivity index (χ2v) is 8.34. The summed E-state index contributed by atoms with van der Waals surface area (Å²) in [6.45, 7) is 0.616. The summed E-state index contributed by atoms with van der Waals surface area (Å²) in [5.74, 6) is -1.36. The van der Waals surface area contributed by atoms with E-state index in [1.807, 2.05) is 24.3 Å². The van der Waals surface area contributed by atoms with Crippen molar-refractivity contribution in [3.05, 3.63) is 75.6 Å². The predicted molar refractivity (Wildman–Crippen MR) is 99.3 cm³/mol. The van der Waals surface area contributed by atoms with Gasteiger partial charge in [-0.15, -0.1) is 0 Å². The van der Waals surface area contributed by atoms with Crippen LogP contribution >= 0.6 is 0 Å². The molecular weight excluding hydrogens is 368 g/mol. The first-order valence-corrected chi connectivity index (χ1v) is 9.77. The Bertz CT molecular complexity index is 1230. The molecule has 0 radical (unpaired) electrons. The quantitative estimate of drug-likeness (QED) is 0.718. The van der Waals surface area contributed by atoms with Crippen molar-refractivity contribution in [2.45, 2.75) is 17.9 Å². The van der Waals surface area contributed by atoms with Crippen LogP contribution in [0.5, 0.6) is 0 Å². The molecule has 2 heterocycles. The fourth-order valence-corrected chi connectivity index (χ4v) is 4.79. The number of fused-ring (bicyclic) bond motifs is 2. The van der Waals surface area contributed by atoms with Crippen molar-refractivity contribution >= 4 is 26.9 Å². The first kappa shape index (κ1) is 17.4. The summed E-state index contributed by atoms with van der Waals surface area (Å²) in [6, 6.07) is 11.8. The van der Waals surface area contributed by atoms with Gasteiger partial charge in [-0.05, 0) is 35.7 Å². The lowest BCUT2D eigenvalue weighted by Gasteiger charge is -2.28. The maximum Gasteiger partial charge on any atom is 0.341 e. The maximum absolute atomic E-state index is 13.1. The topological polar surface area (TPSA) is 108 Å². The van der Waals surface area contributed by atoms with Gasteiger partial charge in [0.2, 0.25) is 15.5 Å². The molecule has 138 valence electrons. The largest absolute Gasteiger partial charge is 0.477 e. The van der Waals surface area contributed by atoms with Crippen molar-refractivity contribution in [2.75, 3.05) is 6.54 Å². The average Bonchev–Trinajstić information content (AvgIpc) is 2.67. The smallest absolute Gasteiger partial charge is 0.341 e. The normalized spacial score (nSPS) is 14.8. The lowest BCUT2D eigenvalue weighted by atomic mass is 10.0. The van der Waals surface area contributed by atoms with Crippen molar-refractivity contribution in [1.29, 1.82) is 0 Å². The second-order valence-electron chi connectivity index (χ2n) is 6.40. The number of carbonyl (C=O) groups is 1. The highest BCUT2D eigenvalue weighted by Gasteiger charge is 2.28. The van der Waals surface area contributed by atoms with Crippen LogP contribution in [0.3, 0.4) is 0 Å². The Kier molecular flexibility index (Phi) is 4.09. The molecule has 0 spiro atoms. The monoisotopic (exact) mass is 384 g/mol. The molecular formula is C19H16N2O5S. The zero-order valence-electron chi connectivity index (χ0n) is 14.2. The van der Waals surface area contributed by atoms with E-state index >= 15 is 0 Å². The molecule has 1 aliphatic rings. The number of nitrogens with one attached hydrogen (secondary N) is 1. The van der Waals surface area contributed by atoms with E-state index in [-0.39, 0.29) is 16.8 Å². The molecule has 1 aromatic heterocycles. The molecule has 0 bridgehead atoms. The van der Waals surface area contributed by atoms with Crippen LogP contribution in [0.1, 0.15) is 21.5 Å². The number of hydrogen-bond acceptors (Lipinski definition) is 4. The number of carboxylic acids is 1. The Hall–Kier alpha value is -2.97. The number of nitrogens with zero attached hydrogens (tertiary/aromatic N) is 1. The highest BCUT2D eigenvalue weighted by molar-refractivity contribution is 7.89. The Labute approximate surface area is 154 Å². The number of sulfonamides is 1. The van der Waals surface area contributed by atoms with E-state index < -0.39 is 27.0 Å². The molecule has 8 heteroatoms. The van der Waals surface area contributed by atoms with Gasteiger partial charge in [-0.1, -0.05) is 24.3 Å². The minimum Gasteiger partial charge on any atom is -0.477 e. The summed E-state index contributed by atoms with van der Waals surface area (Å²) in [7, 11) is -3.81. The van der Waals surface area contributed by atoms with Gasteiger partial charge in [-0.3, -0.25) is 4.79 Å². The first-order chi connectivity index (χ1) is 12.9. The van der Waals surface area contributed by atoms with Gasteiger partial charge in [-0.25, -0.2) is 13.2 Å². The Balaban J connectivity index is 1.78. The van der Waals surface area contributed by atoms with Gasteiger partial charge in [0, 0.05) is 30.2 Å². The van der Waals surface area contributed by atoms with Crippen LogP contribution in [-0.2, 0) is 23.0 Å². The van der Waals surface area contributed by atoms with Crippen molar-refractivity contribution < 1.29 is 18.3 Å². The fraction of sp³-hybridized carbons (Fsp3) is 0.158. The molecule has 7 nitrogen and oxygen atoms in total. The van der Waals surface area contributed by atoms with E-state index in [9.17, 15) is 18.0 Å². The summed E-state index contributed by atoms with van der Waals surface area (Å²) < 4.78 is 27.5. The molecule has 0 saturated carbocycles. The van der Waals surface area contributed by atoms with E-state index in [4.69, 9.17) is 5.11 Å². The van der Waals surface area contributed by atoms with Crippen LogP contribution in [0.15, 0.2) is 58.4 Å². The van der Waals surface area contributed by atoms with Crippen molar-refractivity contribution in [3.8, 4) is 0 Å². The number of aromatic nitrogens is 1. The molecule has 0 unspecified atom stereocenters. The van der Waals surface area contributed by atoms with Gasteiger partial charge in [-0.2, -0.15) is 4.31 Å². The van der Waals surface area contributed by atoms with Crippen LogP contribution in [0.2, 0.25) is 0 Å².